The van der Waals surface area contributed by atoms with E-state index in [1.807, 2.05) is 0 Å². The predicted molar refractivity (Wildman–Crippen MR) is 81.1 cm³/mol. The number of nitrogens with zero attached hydrogens (tertiary/aromatic N) is 1. The molecule has 0 aromatic heterocycles. The zero-order valence-corrected chi connectivity index (χ0v) is 12.8. The molecule has 21 heavy (non-hydrogen) atoms. The first kappa shape index (κ1) is 12.1. The summed E-state index contributed by atoms with van der Waals surface area (Å²) in [6.07, 6.45) is 7.21. The van der Waals surface area contributed by atoms with Crippen LogP contribution in [0.5, 0.6) is 11.5 Å². The number of benzene rings is 1. The van der Waals surface area contributed by atoms with Crippen molar-refractivity contribution in [3.63, 3.8) is 0 Å². The Morgan fingerprint density at radius 3 is 3.05 bits per heavy atom. The van der Waals surface area contributed by atoms with E-state index in [2.05, 4.69) is 43.2 Å². The van der Waals surface area contributed by atoms with Gasteiger partial charge >= 0.3 is 0 Å². The molecule has 0 N–H and O–H groups in total. The Hall–Kier alpha value is -1.48. The van der Waals surface area contributed by atoms with Gasteiger partial charge in [-0.1, -0.05) is 19.1 Å². The van der Waals surface area contributed by atoms with Crippen LogP contribution in [-0.4, -0.2) is 37.7 Å². The van der Waals surface area contributed by atoms with Gasteiger partial charge in [0.05, 0.1) is 12.5 Å². The predicted octanol–water partition coefficient (Wildman–Crippen LogP) is 2.53. The molecule has 3 heteroatoms. The Morgan fingerprint density at radius 2 is 2.24 bits per heavy atom. The van der Waals surface area contributed by atoms with E-state index < -0.39 is 0 Å². The Balaban J connectivity index is 1.86. The zero-order valence-electron chi connectivity index (χ0n) is 12.8. The highest BCUT2D eigenvalue weighted by Crippen LogP contribution is 2.68. The summed E-state index contributed by atoms with van der Waals surface area (Å²) in [5, 5.41) is 0. The van der Waals surface area contributed by atoms with Crippen LogP contribution in [0.15, 0.2) is 24.3 Å². The topological polar surface area (TPSA) is 21.7 Å². The van der Waals surface area contributed by atoms with Crippen molar-refractivity contribution in [2.45, 2.75) is 37.3 Å². The lowest BCUT2D eigenvalue weighted by Crippen LogP contribution is -2.64. The molecule has 1 spiro atoms. The Kier molecular flexibility index (Phi) is 2.00. The SMILES string of the molecule is COc1ccc2c3c1O[C@H]1C=C[C@@]4(C)[C@@H](C2)N(C)CC[C@]314. The minimum Gasteiger partial charge on any atom is -0.493 e. The number of piperidine rings is 1. The summed E-state index contributed by atoms with van der Waals surface area (Å²) in [6, 6.07) is 4.91. The van der Waals surface area contributed by atoms with E-state index in [1.165, 1.54) is 17.5 Å². The molecule has 2 aliphatic heterocycles. The molecule has 0 radical (unpaired) electrons. The summed E-state index contributed by atoms with van der Waals surface area (Å²) in [6.45, 7) is 3.59. The molecular weight excluding hydrogens is 262 g/mol. The Labute approximate surface area is 125 Å². The number of hydrogen-bond acceptors (Lipinski definition) is 3. The van der Waals surface area contributed by atoms with E-state index >= 15 is 0 Å². The number of hydrogen-bond donors (Lipinski definition) is 0. The molecule has 2 aliphatic carbocycles. The largest absolute Gasteiger partial charge is 0.493 e. The molecule has 110 valence electrons. The second-order valence-electron chi connectivity index (χ2n) is 7.23. The number of likely N-dealkylation sites (N-methyl/N-ethyl adjacent to an activating group) is 1. The van der Waals surface area contributed by atoms with Gasteiger partial charge in [-0.2, -0.15) is 0 Å². The van der Waals surface area contributed by atoms with Gasteiger partial charge in [0, 0.05) is 17.0 Å². The standard InChI is InChI=1S/C18H21NO2/c1-17-7-6-14-18(17)8-9-19(2)13(17)10-11-4-5-12(20-3)16(21-14)15(11)18/h4-7,13-14H,8-10H2,1-3H3/t13-,14+,17+,18-/m1/s1. The minimum absolute atomic E-state index is 0.127. The van der Waals surface area contributed by atoms with Crippen LogP contribution in [0.2, 0.25) is 0 Å². The van der Waals surface area contributed by atoms with E-state index in [1.54, 1.807) is 7.11 Å². The highest BCUT2D eigenvalue weighted by molar-refractivity contribution is 5.64. The van der Waals surface area contributed by atoms with Gasteiger partial charge in [-0.05, 0) is 44.1 Å². The number of likely N-dealkylation sites (tertiary alicyclic amines) is 1. The van der Waals surface area contributed by atoms with Crippen molar-refractivity contribution < 1.29 is 9.47 Å². The van der Waals surface area contributed by atoms with Crippen LogP contribution in [0.3, 0.4) is 0 Å². The Morgan fingerprint density at radius 1 is 1.38 bits per heavy atom. The van der Waals surface area contributed by atoms with Crippen molar-refractivity contribution in [1.82, 2.24) is 4.90 Å². The molecule has 4 atom stereocenters. The molecule has 1 fully saturated rings. The smallest absolute Gasteiger partial charge is 0.166 e. The highest BCUT2D eigenvalue weighted by atomic mass is 16.5. The molecule has 5 rings (SSSR count). The van der Waals surface area contributed by atoms with E-state index in [0.29, 0.717) is 6.04 Å². The molecule has 4 aliphatic rings. The van der Waals surface area contributed by atoms with Gasteiger partial charge < -0.3 is 14.4 Å². The zero-order chi connectivity index (χ0) is 14.4. The number of methoxy groups -OCH3 is 1. The lowest BCUT2D eigenvalue weighted by atomic mass is 9.50. The highest BCUT2D eigenvalue weighted by Gasteiger charge is 2.68. The average molecular weight is 283 g/mol. The molecule has 3 nitrogen and oxygen atoms in total. The van der Waals surface area contributed by atoms with Gasteiger partial charge in [0.1, 0.15) is 6.10 Å². The molecule has 2 heterocycles. The van der Waals surface area contributed by atoms with Crippen molar-refractivity contribution in [2.75, 3.05) is 20.7 Å². The van der Waals surface area contributed by atoms with Crippen LogP contribution < -0.4 is 9.47 Å². The first-order valence-electron chi connectivity index (χ1n) is 7.88. The maximum absolute atomic E-state index is 6.39. The molecule has 2 bridgehead atoms. The normalized spacial score (nSPS) is 41.9. The van der Waals surface area contributed by atoms with Crippen molar-refractivity contribution in [2.24, 2.45) is 5.41 Å². The first-order valence-corrected chi connectivity index (χ1v) is 7.88. The second-order valence-corrected chi connectivity index (χ2v) is 7.23. The van der Waals surface area contributed by atoms with Crippen LogP contribution >= 0.6 is 0 Å². The lowest BCUT2D eigenvalue weighted by Gasteiger charge is -2.58. The first-order chi connectivity index (χ1) is 10.1. The van der Waals surface area contributed by atoms with Crippen molar-refractivity contribution in [1.29, 1.82) is 0 Å². The van der Waals surface area contributed by atoms with E-state index in [0.717, 1.165) is 24.5 Å². The average Bonchev–Trinajstić information content (AvgIpc) is 2.96. The van der Waals surface area contributed by atoms with Gasteiger partial charge in [0.2, 0.25) is 0 Å². The summed E-state index contributed by atoms with van der Waals surface area (Å²) in [4.78, 5) is 2.54. The summed E-state index contributed by atoms with van der Waals surface area (Å²) < 4.78 is 12.0. The molecular formula is C18H21NO2. The quantitative estimate of drug-likeness (QED) is 0.739. The minimum atomic E-state index is 0.127. The van der Waals surface area contributed by atoms with Crippen LogP contribution in [0.25, 0.3) is 0 Å². The van der Waals surface area contributed by atoms with Gasteiger partial charge in [-0.3, -0.25) is 0 Å². The molecule has 1 aromatic rings. The van der Waals surface area contributed by atoms with Crippen LogP contribution in [0.1, 0.15) is 24.5 Å². The molecule has 1 saturated heterocycles. The van der Waals surface area contributed by atoms with Crippen LogP contribution in [0.4, 0.5) is 0 Å². The van der Waals surface area contributed by atoms with Crippen LogP contribution in [-0.2, 0) is 11.8 Å². The number of rotatable bonds is 1. The summed E-state index contributed by atoms with van der Waals surface area (Å²) >= 11 is 0. The third-order valence-electron chi connectivity index (χ3n) is 6.68. The fourth-order valence-corrected chi connectivity index (χ4v) is 5.61. The summed E-state index contributed by atoms with van der Waals surface area (Å²) in [5.41, 5.74) is 3.21. The third kappa shape index (κ3) is 1.08. The monoisotopic (exact) mass is 283 g/mol. The van der Waals surface area contributed by atoms with Gasteiger partial charge in [0.25, 0.3) is 0 Å². The lowest BCUT2D eigenvalue weighted by molar-refractivity contribution is -0.0246. The van der Waals surface area contributed by atoms with E-state index in [9.17, 15) is 0 Å². The maximum atomic E-state index is 6.39. The van der Waals surface area contributed by atoms with E-state index in [-0.39, 0.29) is 16.9 Å². The summed E-state index contributed by atoms with van der Waals surface area (Å²) in [5.74, 6) is 1.91. The van der Waals surface area contributed by atoms with Crippen molar-refractivity contribution >= 4 is 0 Å². The van der Waals surface area contributed by atoms with E-state index in [4.69, 9.17) is 9.47 Å². The fraction of sp³-hybridized carbons (Fsp3) is 0.556. The Bertz CT molecular complexity index is 682. The fourth-order valence-electron chi connectivity index (χ4n) is 5.61. The third-order valence-corrected chi connectivity index (χ3v) is 6.68. The molecule has 1 aromatic carbocycles. The van der Waals surface area contributed by atoms with Gasteiger partial charge in [-0.25, -0.2) is 0 Å². The summed E-state index contributed by atoms with van der Waals surface area (Å²) in [7, 11) is 4.01. The number of ether oxygens (including phenoxy) is 2. The second kappa shape index (κ2) is 3.46. The van der Waals surface area contributed by atoms with Crippen molar-refractivity contribution in [3.8, 4) is 11.5 Å². The molecule has 0 amide bonds. The van der Waals surface area contributed by atoms with Gasteiger partial charge in [0.15, 0.2) is 11.5 Å². The maximum Gasteiger partial charge on any atom is 0.166 e. The molecule has 0 saturated carbocycles. The van der Waals surface area contributed by atoms with Crippen LogP contribution in [0, 0.1) is 5.41 Å². The van der Waals surface area contributed by atoms with Crippen molar-refractivity contribution in [3.05, 3.63) is 35.4 Å². The molecule has 0 unspecified atom stereocenters. The van der Waals surface area contributed by atoms with Gasteiger partial charge in [-0.15, -0.1) is 0 Å².